The molecule has 0 aliphatic carbocycles. The molecule has 2 N–H and O–H groups in total. The predicted molar refractivity (Wildman–Crippen MR) is 137 cm³/mol. The average Bonchev–Trinajstić information content (AvgIpc) is 3.45. The number of H-pyrrole nitrogens is 1. The number of aromatic nitrogens is 1. The molecule has 186 valence electrons. The van der Waals surface area contributed by atoms with E-state index in [2.05, 4.69) is 4.98 Å². The van der Waals surface area contributed by atoms with Gasteiger partial charge in [0.05, 0.1) is 23.6 Å². The third-order valence-electron chi connectivity index (χ3n) is 6.60. The number of aliphatic hydroxyl groups excluding tert-OH is 1. The van der Waals surface area contributed by atoms with Gasteiger partial charge in [0.15, 0.2) is 0 Å². The molecule has 0 spiro atoms. The lowest BCUT2D eigenvalue weighted by Gasteiger charge is -2.25. The van der Waals surface area contributed by atoms with Crippen molar-refractivity contribution in [1.29, 1.82) is 0 Å². The predicted octanol–water partition coefficient (Wildman–Crippen LogP) is 4.75. The van der Waals surface area contributed by atoms with Crippen molar-refractivity contribution in [3.05, 3.63) is 111 Å². The Morgan fingerprint density at radius 2 is 1.84 bits per heavy atom. The number of nitro benzene ring substituents is 1. The quantitative estimate of drug-likeness (QED) is 0.125. The zero-order valence-electron chi connectivity index (χ0n) is 19.9. The Morgan fingerprint density at radius 1 is 1.08 bits per heavy atom. The van der Waals surface area contributed by atoms with Gasteiger partial charge in [-0.2, -0.15) is 0 Å². The van der Waals surface area contributed by atoms with E-state index in [1.165, 1.54) is 30.2 Å². The topological polar surface area (TPSA) is 126 Å². The Balaban J connectivity index is 1.59. The summed E-state index contributed by atoms with van der Waals surface area (Å²) < 4.78 is 5.16. The summed E-state index contributed by atoms with van der Waals surface area (Å²) >= 11 is 0. The van der Waals surface area contributed by atoms with Crippen molar-refractivity contribution in [2.45, 2.75) is 12.5 Å². The summed E-state index contributed by atoms with van der Waals surface area (Å²) in [4.78, 5) is 42.0. The molecule has 4 aromatic rings. The largest absolute Gasteiger partial charge is 0.507 e. The van der Waals surface area contributed by atoms with Crippen LogP contribution in [0.5, 0.6) is 5.75 Å². The number of nitrogens with zero attached hydrogens (tertiary/aromatic N) is 2. The number of ether oxygens (including phenoxy) is 1. The standard InChI is InChI=1S/C28H23N3O6/c1-37-21-11-9-17(10-12-21)26(32)24-25(18-5-4-6-20(15-18)31(35)36)30(28(34)27(24)33)14-13-19-16-29-23-8-3-2-7-22(19)23/h2-12,15-16,25,29,32H,13-14H2,1H3/t25-/m1/s1. The molecule has 1 saturated heterocycles. The van der Waals surface area contributed by atoms with Crippen LogP contribution in [-0.4, -0.2) is 45.3 Å². The van der Waals surface area contributed by atoms with E-state index in [9.17, 15) is 24.8 Å². The number of aromatic amines is 1. The van der Waals surface area contributed by atoms with Crippen LogP contribution in [0.15, 0.2) is 84.6 Å². The number of benzene rings is 3. The summed E-state index contributed by atoms with van der Waals surface area (Å²) in [6, 6.07) is 19.0. The molecule has 9 heteroatoms. The van der Waals surface area contributed by atoms with Gasteiger partial charge in [-0.1, -0.05) is 30.3 Å². The van der Waals surface area contributed by atoms with Crippen LogP contribution in [0.25, 0.3) is 16.7 Å². The fourth-order valence-corrected chi connectivity index (χ4v) is 4.75. The molecule has 37 heavy (non-hydrogen) atoms. The normalized spacial score (nSPS) is 16.9. The molecule has 5 rings (SSSR count). The molecule has 1 aliphatic rings. The molecule has 0 saturated carbocycles. The summed E-state index contributed by atoms with van der Waals surface area (Å²) in [5.74, 6) is -1.41. The van der Waals surface area contributed by atoms with E-state index in [1.54, 1.807) is 30.3 Å². The van der Waals surface area contributed by atoms with E-state index in [0.717, 1.165) is 16.5 Å². The molecule has 1 aliphatic heterocycles. The van der Waals surface area contributed by atoms with E-state index in [1.807, 2.05) is 30.5 Å². The zero-order valence-corrected chi connectivity index (χ0v) is 19.9. The van der Waals surface area contributed by atoms with Crippen molar-refractivity contribution in [2.24, 2.45) is 0 Å². The molecule has 9 nitrogen and oxygen atoms in total. The van der Waals surface area contributed by atoms with Crippen molar-refractivity contribution < 1.29 is 24.4 Å². The Kier molecular flexibility index (Phi) is 6.19. The number of carbonyl (C=O) groups is 2. The van der Waals surface area contributed by atoms with Crippen molar-refractivity contribution >= 4 is 34.0 Å². The second-order valence-corrected chi connectivity index (χ2v) is 8.68. The maximum Gasteiger partial charge on any atom is 0.295 e. The third-order valence-corrected chi connectivity index (χ3v) is 6.60. The summed E-state index contributed by atoms with van der Waals surface area (Å²) in [6.07, 6.45) is 2.30. The Morgan fingerprint density at radius 3 is 2.57 bits per heavy atom. The van der Waals surface area contributed by atoms with E-state index in [4.69, 9.17) is 4.74 Å². The molecular weight excluding hydrogens is 474 g/mol. The second-order valence-electron chi connectivity index (χ2n) is 8.68. The number of likely N-dealkylation sites (tertiary alicyclic amines) is 1. The number of non-ortho nitro benzene ring substituents is 1. The van der Waals surface area contributed by atoms with Gasteiger partial charge in [-0.05, 0) is 47.9 Å². The van der Waals surface area contributed by atoms with E-state index in [0.29, 0.717) is 23.3 Å². The van der Waals surface area contributed by atoms with E-state index >= 15 is 0 Å². The molecule has 1 atom stereocenters. The van der Waals surface area contributed by atoms with Gasteiger partial charge in [0, 0.05) is 41.3 Å². The summed E-state index contributed by atoms with van der Waals surface area (Å²) in [5.41, 5.74) is 2.31. The molecule has 3 aromatic carbocycles. The lowest BCUT2D eigenvalue weighted by Crippen LogP contribution is -2.31. The number of carbonyl (C=O) groups excluding carboxylic acids is 2. The minimum Gasteiger partial charge on any atom is -0.507 e. The van der Waals surface area contributed by atoms with Gasteiger partial charge >= 0.3 is 0 Å². The van der Waals surface area contributed by atoms with E-state index < -0.39 is 22.7 Å². The molecule has 1 fully saturated rings. The van der Waals surface area contributed by atoms with Gasteiger partial charge < -0.3 is 19.7 Å². The van der Waals surface area contributed by atoms with Crippen molar-refractivity contribution in [2.75, 3.05) is 13.7 Å². The summed E-state index contributed by atoms with van der Waals surface area (Å²) in [5, 5.41) is 23.7. The number of aliphatic hydroxyl groups is 1. The highest BCUT2D eigenvalue weighted by Gasteiger charge is 2.46. The molecule has 1 amide bonds. The van der Waals surface area contributed by atoms with Crippen LogP contribution in [-0.2, 0) is 16.0 Å². The van der Waals surface area contributed by atoms with Crippen molar-refractivity contribution in [1.82, 2.24) is 9.88 Å². The number of methoxy groups -OCH3 is 1. The molecule has 1 aromatic heterocycles. The number of hydrogen-bond acceptors (Lipinski definition) is 6. The van der Waals surface area contributed by atoms with Gasteiger partial charge in [-0.25, -0.2) is 0 Å². The minimum absolute atomic E-state index is 0.116. The number of para-hydroxylation sites is 1. The number of amides is 1. The first-order valence-corrected chi connectivity index (χ1v) is 11.6. The minimum atomic E-state index is -0.993. The Hall–Kier alpha value is -4.92. The Bertz CT molecular complexity index is 1550. The highest BCUT2D eigenvalue weighted by molar-refractivity contribution is 6.46. The number of ketones is 1. The SMILES string of the molecule is COc1ccc(C(O)=C2C(=O)C(=O)N(CCc3c[nH]c4ccccc34)[C@@H]2c2cccc([N+](=O)[O-])c2)cc1. The number of nitrogens with one attached hydrogen (secondary N) is 1. The van der Waals surface area contributed by atoms with Crippen LogP contribution in [0.4, 0.5) is 5.69 Å². The highest BCUT2D eigenvalue weighted by Crippen LogP contribution is 2.40. The first-order chi connectivity index (χ1) is 17.9. The van der Waals surface area contributed by atoms with Gasteiger partial charge in [0.25, 0.3) is 17.4 Å². The molecule has 0 unspecified atom stereocenters. The molecular formula is C28H23N3O6. The number of hydrogen-bond donors (Lipinski definition) is 2. The van der Waals surface area contributed by atoms with Gasteiger partial charge in [0.2, 0.25) is 0 Å². The highest BCUT2D eigenvalue weighted by atomic mass is 16.6. The fourth-order valence-electron chi connectivity index (χ4n) is 4.75. The van der Waals surface area contributed by atoms with Crippen LogP contribution in [0.2, 0.25) is 0 Å². The van der Waals surface area contributed by atoms with E-state index in [-0.39, 0.29) is 23.6 Å². The lowest BCUT2D eigenvalue weighted by atomic mass is 9.95. The molecule has 0 bridgehead atoms. The fraction of sp³-hybridized carbons (Fsp3) is 0.143. The summed E-state index contributed by atoms with van der Waals surface area (Å²) in [6.45, 7) is 0.166. The maximum absolute atomic E-state index is 13.3. The van der Waals surface area contributed by atoms with Gasteiger partial charge in [-0.3, -0.25) is 19.7 Å². The second kappa shape index (κ2) is 9.62. The number of Topliss-reactive ketones (excluding diaryl/α,β-unsaturated/α-hetero) is 1. The maximum atomic E-state index is 13.3. The van der Waals surface area contributed by atoms with Gasteiger partial charge in [0.1, 0.15) is 11.5 Å². The molecule has 2 heterocycles. The third kappa shape index (κ3) is 4.31. The first-order valence-electron chi connectivity index (χ1n) is 11.6. The number of fused-ring (bicyclic) bond motifs is 1. The number of rotatable bonds is 7. The lowest BCUT2D eigenvalue weighted by molar-refractivity contribution is -0.384. The monoisotopic (exact) mass is 497 g/mol. The molecule has 0 radical (unpaired) electrons. The van der Waals surface area contributed by atoms with Crippen LogP contribution >= 0.6 is 0 Å². The smallest absolute Gasteiger partial charge is 0.295 e. The number of nitro groups is 1. The average molecular weight is 498 g/mol. The van der Waals surface area contributed by atoms with Gasteiger partial charge in [-0.15, -0.1) is 0 Å². The van der Waals surface area contributed by atoms with Crippen molar-refractivity contribution in [3.63, 3.8) is 0 Å². The van der Waals surface area contributed by atoms with Crippen LogP contribution in [0.3, 0.4) is 0 Å². The van der Waals surface area contributed by atoms with Crippen LogP contribution < -0.4 is 4.74 Å². The summed E-state index contributed by atoms with van der Waals surface area (Å²) in [7, 11) is 1.51. The van der Waals surface area contributed by atoms with Crippen LogP contribution in [0, 0.1) is 10.1 Å². The zero-order chi connectivity index (χ0) is 26.1. The van der Waals surface area contributed by atoms with Crippen LogP contribution in [0.1, 0.15) is 22.7 Å². The Labute approximate surface area is 211 Å². The first kappa shape index (κ1) is 23.8. The van der Waals surface area contributed by atoms with Crippen molar-refractivity contribution in [3.8, 4) is 5.75 Å².